The highest BCUT2D eigenvalue weighted by atomic mass is 79.9. The molecule has 20 heavy (non-hydrogen) atoms. The third kappa shape index (κ3) is 2.62. The second kappa shape index (κ2) is 5.61. The topological polar surface area (TPSA) is 27.1 Å². The lowest BCUT2D eigenvalue weighted by atomic mass is 10.1. The van der Waals surface area contributed by atoms with Gasteiger partial charge in [-0.1, -0.05) is 0 Å². The number of hydrogen-bond acceptors (Lipinski definition) is 2. The molecule has 1 aliphatic heterocycles. The summed E-state index contributed by atoms with van der Waals surface area (Å²) in [5, 5.41) is 4.23. The molecule has 1 atom stereocenters. The number of aromatic nitrogens is 2. The normalized spacial score (nSPS) is 19.2. The molecule has 6 heteroatoms. The van der Waals surface area contributed by atoms with E-state index in [0.717, 1.165) is 25.9 Å². The summed E-state index contributed by atoms with van der Waals surface area (Å²) >= 11 is 2.86. The molecule has 1 aromatic carbocycles. The van der Waals surface area contributed by atoms with Gasteiger partial charge >= 0.3 is 0 Å². The largest absolute Gasteiger partial charge is 0.357 e. The number of rotatable bonds is 2. The predicted octanol–water partition coefficient (Wildman–Crippen LogP) is 4.29. The minimum Gasteiger partial charge on any atom is -0.357 e. The molecule has 106 valence electrons. The van der Waals surface area contributed by atoms with Crippen LogP contribution in [0.4, 0.5) is 8.78 Å². The molecule has 0 radical (unpaired) electrons. The number of halogens is 3. The van der Waals surface area contributed by atoms with Gasteiger partial charge in [0.2, 0.25) is 0 Å². The Morgan fingerprint density at radius 3 is 2.60 bits per heavy atom. The third-order valence-electron chi connectivity index (χ3n) is 3.37. The van der Waals surface area contributed by atoms with E-state index < -0.39 is 11.6 Å². The second-order valence-corrected chi connectivity index (χ2v) is 5.58. The molecule has 3 nitrogen and oxygen atoms in total. The molecule has 0 amide bonds. The van der Waals surface area contributed by atoms with E-state index in [1.807, 2.05) is 0 Å². The molecule has 0 saturated carbocycles. The molecule has 0 bridgehead atoms. The highest BCUT2D eigenvalue weighted by Gasteiger charge is 2.17. The van der Waals surface area contributed by atoms with Gasteiger partial charge in [0.05, 0.1) is 10.7 Å². The van der Waals surface area contributed by atoms with E-state index in [-0.39, 0.29) is 10.7 Å². The molecule has 2 aromatic rings. The Kier molecular flexibility index (Phi) is 3.85. The molecule has 1 fully saturated rings. The number of hydrogen-bond donors (Lipinski definition) is 0. The second-order valence-electron chi connectivity index (χ2n) is 4.78. The summed E-state index contributed by atoms with van der Waals surface area (Å²) in [6.45, 7) is 0.724. The number of ether oxygens (including phenoxy) is 1. The summed E-state index contributed by atoms with van der Waals surface area (Å²) in [7, 11) is 0. The van der Waals surface area contributed by atoms with E-state index >= 15 is 0 Å². The molecular weight excluding hydrogens is 330 g/mol. The van der Waals surface area contributed by atoms with Gasteiger partial charge in [0.15, 0.2) is 0 Å². The molecule has 0 spiro atoms. The maximum atomic E-state index is 13.5. The first-order chi connectivity index (χ1) is 9.65. The van der Waals surface area contributed by atoms with Crippen LogP contribution in [-0.2, 0) is 4.74 Å². The van der Waals surface area contributed by atoms with Crippen molar-refractivity contribution in [2.45, 2.75) is 25.5 Å². The average Bonchev–Trinajstić information content (AvgIpc) is 2.95. The van der Waals surface area contributed by atoms with Gasteiger partial charge < -0.3 is 4.74 Å². The van der Waals surface area contributed by atoms with Gasteiger partial charge in [0.1, 0.15) is 17.9 Å². The maximum absolute atomic E-state index is 13.5. The van der Waals surface area contributed by atoms with Crippen LogP contribution in [0, 0.1) is 11.6 Å². The molecular formula is C14H13BrF2N2O. The number of benzene rings is 1. The summed E-state index contributed by atoms with van der Waals surface area (Å²) in [6.07, 6.45) is 6.35. The fourth-order valence-corrected chi connectivity index (χ4v) is 2.53. The Bertz CT molecular complexity index is 600. The van der Waals surface area contributed by atoms with Crippen molar-refractivity contribution < 1.29 is 13.5 Å². The molecule has 1 saturated heterocycles. The Morgan fingerprint density at radius 2 is 1.95 bits per heavy atom. The standard InChI is InChI=1S/C14H13BrF2N2O/c15-14-11(16)5-9(6-12(14)17)10-7-18-19(8-10)13-3-1-2-4-20-13/h5-8,13H,1-4H2. The van der Waals surface area contributed by atoms with Crippen molar-refractivity contribution in [3.05, 3.63) is 40.6 Å². The highest BCUT2D eigenvalue weighted by Crippen LogP contribution is 2.29. The summed E-state index contributed by atoms with van der Waals surface area (Å²) in [5.41, 5.74) is 1.13. The summed E-state index contributed by atoms with van der Waals surface area (Å²) in [5.74, 6) is -1.25. The van der Waals surface area contributed by atoms with E-state index in [4.69, 9.17) is 4.74 Å². The first kappa shape index (κ1) is 13.7. The quantitative estimate of drug-likeness (QED) is 0.761. The Labute approximate surface area is 123 Å². The van der Waals surface area contributed by atoms with Crippen LogP contribution in [0.1, 0.15) is 25.5 Å². The van der Waals surface area contributed by atoms with Crippen LogP contribution < -0.4 is 0 Å². The van der Waals surface area contributed by atoms with Crippen LogP contribution in [-0.4, -0.2) is 16.4 Å². The van der Waals surface area contributed by atoms with Crippen LogP contribution in [0.2, 0.25) is 0 Å². The first-order valence-electron chi connectivity index (χ1n) is 6.46. The van der Waals surface area contributed by atoms with E-state index in [0.29, 0.717) is 11.1 Å². The molecule has 0 aliphatic carbocycles. The lowest BCUT2D eigenvalue weighted by Gasteiger charge is -2.22. The maximum Gasteiger partial charge on any atom is 0.150 e. The zero-order valence-corrected chi connectivity index (χ0v) is 12.2. The predicted molar refractivity (Wildman–Crippen MR) is 74.1 cm³/mol. The van der Waals surface area contributed by atoms with Crippen molar-refractivity contribution in [1.29, 1.82) is 0 Å². The van der Waals surface area contributed by atoms with Crippen LogP contribution >= 0.6 is 15.9 Å². The number of nitrogens with zero attached hydrogens (tertiary/aromatic N) is 2. The highest BCUT2D eigenvalue weighted by molar-refractivity contribution is 9.10. The molecule has 1 aromatic heterocycles. The smallest absolute Gasteiger partial charge is 0.150 e. The van der Waals surface area contributed by atoms with E-state index in [1.165, 1.54) is 12.1 Å². The summed E-state index contributed by atoms with van der Waals surface area (Å²) in [4.78, 5) is 0. The van der Waals surface area contributed by atoms with Gasteiger partial charge in [-0.15, -0.1) is 0 Å². The van der Waals surface area contributed by atoms with Gasteiger partial charge in [0, 0.05) is 18.4 Å². The fraction of sp³-hybridized carbons (Fsp3) is 0.357. The van der Waals surface area contributed by atoms with Crippen LogP contribution in [0.25, 0.3) is 11.1 Å². The summed E-state index contributed by atoms with van der Waals surface area (Å²) < 4.78 is 34.3. The lowest BCUT2D eigenvalue weighted by molar-refractivity contribution is -0.0394. The van der Waals surface area contributed by atoms with Gasteiger partial charge in [-0.05, 0) is 52.9 Å². The fourth-order valence-electron chi connectivity index (χ4n) is 2.30. The zero-order chi connectivity index (χ0) is 14.1. The van der Waals surface area contributed by atoms with Crippen molar-refractivity contribution in [2.24, 2.45) is 0 Å². The van der Waals surface area contributed by atoms with Gasteiger partial charge in [-0.25, -0.2) is 13.5 Å². The van der Waals surface area contributed by atoms with E-state index in [2.05, 4.69) is 21.0 Å². The Hall–Kier alpha value is -1.27. The van der Waals surface area contributed by atoms with Crippen molar-refractivity contribution in [3.63, 3.8) is 0 Å². The van der Waals surface area contributed by atoms with E-state index in [1.54, 1.807) is 17.1 Å². The van der Waals surface area contributed by atoms with Crippen LogP contribution in [0.5, 0.6) is 0 Å². The SMILES string of the molecule is Fc1cc(-c2cnn(C3CCCCO3)c2)cc(F)c1Br. The minimum atomic E-state index is -0.623. The van der Waals surface area contributed by atoms with Crippen molar-refractivity contribution in [1.82, 2.24) is 9.78 Å². The Balaban J connectivity index is 1.89. The molecule has 2 heterocycles. The Morgan fingerprint density at radius 1 is 1.20 bits per heavy atom. The third-order valence-corrected chi connectivity index (χ3v) is 4.13. The van der Waals surface area contributed by atoms with Crippen LogP contribution in [0.3, 0.4) is 0 Å². The van der Waals surface area contributed by atoms with Crippen molar-refractivity contribution in [3.8, 4) is 11.1 Å². The first-order valence-corrected chi connectivity index (χ1v) is 7.25. The van der Waals surface area contributed by atoms with Crippen molar-refractivity contribution in [2.75, 3.05) is 6.61 Å². The van der Waals surface area contributed by atoms with Crippen molar-refractivity contribution >= 4 is 15.9 Å². The van der Waals surface area contributed by atoms with E-state index in [9.17, 15) is 8.78 Å². The average molecular weight is 343 g/mol. The lowest BCUT2D eigenvalue weighted by Crippen LogP contribution is -2.18. The van der Waals surface area contributed by atoms with Gasteiger partial charge in [-0.2, -0.15) is 5.10 Å². The van der Waals surface area contributed by atoms with Crippen LogP contribution in [0.15, 0.2) is 29.0 Å². The zero-order valence-electron chi connectivity index (χ0n) is 10.7. The van der Waals surface area contributed by atoms with Gasteiger partial charge in [-0.3, -0.25) is 0 Å². The summed E-state index contributed by atoms with van der Waals surface area (Å²) in [6, 6.07) is 2.58. The minimum absolute atomic E-state index is 0.0809. The molecule has 3 rings (SSSR count). The molecule has 1 unspecified atom stereocenters. The molecule has 0 N–H and O–H groups in total. The molecule has 1 aliphatic rings. The van der Waals surface area contributed by atoms with Gasteiger partial charge in [0.25, 0.3) is 0 Å². The monoisotopic (exact) mass is 342 g/mol.